The van der Waals surface area contributed by atoms with Gasteiger partial charge in [0.05, 0.1) is 5.76 Å². The van der Waals surface area contributed by atoms with E-state index in [2.05, 4.69) is 87.7 Å². The maximum absolute atomic E-state index is 8.83. The molecule has 0 bridgehead atoms. The van der Waals surface area contributed by atoms with E-state index in [1.54, 1.807) is 296 Å². The summed E-state index contributed by atoms with van der Waals surface area (Å²) in [6.45, 7) is 31.0. The van der Waals surface area contributed by atoms with Crippen LogP contribution in [0, 0.1) is 34.5 Å². The Labute approximate surface area is 552 Å². The van der Waals surface area contributed by atoms with Crippen molar-refractivity contribution in [1.29, 1.82) is 0 Å². The molecular weight excluding hydrogens is 1210 g/mol. The molecule has 0 amide bonds. The lowest BCUT2D eigenvalue weighted by Crippen LogP contribution is -2.59. The predicted molar refractivity (Wildman–Crippen MR) is 416 cm³/mol. The second-order valence-corrected chi connectivity index (χ2v) is 50.1. The zero-order chi connectivity index (χ0) is 61.9. The third-order valence-electron chi connectivity index (χ3n) is 37.2. The SMILES string of the molecule is CC(C)(C)[Si](C)(C)OC1=C2C(C[C@H]3[C@@H]4CC=C5C[C@@H](O[Si](C)(C)C(C)(C)C)CC[C@]5(C)[C@H]4CC[C@]23C)C23c4c5c6c7c8c9c(c%10c%11c2c2c4c4c%12c5c5c6c6c8c8c%13c9c9c%10c%10c%11c%11c2c2c4c4c%12c%12c5c5c6c8c6c8c%13c9c9c%10c%10c%11c2c2c4c4c%12c5c6c5c8c9c%10c2c45)C73C1. The molecule has 0 N–H and O–H groups in total. The Morgan fingerprint density at radius 3 is 0.979 bits per heavy atom. The normalized spacial score (nSPS) is 30.1. The fraction of sp³-hybridized carbons (Fsp3) is 0.333. The van der Waals surface area contributed by atoms with Gasteiger partial charge in [-0.2, -0.15) is 0 Å². The van der Waals surface area contributed by atoms with E-state index in [1.165, 1.54) is 44.3 Å². The standard InChI is InChI=1S/C93H58O2Si2/c1-88(2,3)96(9,10)94-23-15-17-90(7)22(19-23)13-14-24-25(90)16-18-91(8)26(24)20-27-83(91)28(95-97(11,12)89(4,5)6)21-92-84-75-67-57-47-39-31-29-30-33-37-35(31)43-51-45(37)55-49-41(33)42-34(30)38-36-32(29)40(39)48-54-44(36)52-46(38)56-50(42)60-59(49)71-65(55)73-63(51)69(61(67)53(43)47)77(84)79(73)86-81(71)82-72(60)66(56)74-64(52)70-62(54)68(58(48)57)76(75)85(92)78(70)80(74)87(82)93(27,86)92/h13,23-27H,14-21H2,1-12H3/t23-,24+,25-,26-,27?,90-,91-,92?,93?/m0/s1. The van der Waals surface area contributed by atoms with Gasteiger partial charge in [-0.15, -0.1) is 0 Å². The second kappa shape index (κ2) is 10.8. The van der Waals surface area contributed by atoms with Crippen LogP contribution >= 0.6 is 0 Å². The van der Waals surface area contributed by atoms with Crippen LogP contribution in [0.3, 0.4) is 0 Å². The molecule has 9 aliphatic rings. The molecule has 4 heteroatoms. The summed E-state index contributed by atoms with van der Waals surface area (Å²) in [6, 6.07) is 0. The minimum Gasteiger partial charge on any atom is -0.546 e. The molecule has 450 valence electrons. The summed E-state index contributed by atoms with van der Waals surface area (Å²) in [5, 5.41) is 92.2. The van der Waals surface area contributed by atoms with Crippen LogP contribution in [0.2, 0.25) is 36.3 Å². The monoisotopic (exact) mass is 1260 g/mol. The van der Waals surface area contributed by atoms with Crippen molar-refractivity contribution in [2.24, 2.45) is 34.5 Å². The minimum absolute atomic E-state index is 0.0134. The van der Waals surface area contributed by atoms with Crippen LogP contribution in [0.15, 0.2) is 23.0 Å². The third kappa shape index (κ3) is 2.97. The number of rotatable bonds is 4. The number of allylic oxidation sites excluding steroid dienone is 3. The summed E-state index contributed by atoms with van der Waals surface area (Å²) in [7, 11) is -4.41. The fourth-order valence-corrected chi connectivity index (χ4v) is 35.9. The Balaban J connectivity index is 0.806. The van der Waals surface area contributed by atoms with E-state index >= 15 is 0 Å². The van der Waals surface area contributed by atoms with Crippen LogP contribution in [0.25, 0.3) is 291 Å². The molecule has 0 radical (unpaired) electrons. The second-order valence-electron chi connectivity index (χ2n) is 40.6. The van der Waals surface area contributed by atoms with E-state index in [0.717, 1.165) is 12.8 Å². The van der Waals surface area contributed by atoms with Gasteiger partial charge in [-0.25, -0.2) is 0 Å². The fourth-order valence-electron chi connectivity index (χ4n) is 33.4. The van der Waals surface area contributed by atoms with Gasteiger partial charge in [0.1, 0.15) is 0 Å². The van der Waals surface area contributed by atoms with Crippen molar-refractivity contribution in [2.45, 2.75) is 160 Å². The van der Waals surface area contributed by atoms with Crippen LogP contribution in [0.4, 0.5) is 0 Å². The Bertz CT molecular complexity index is 8300. The van der Waals surface area contributed by atoms with Gasteiger partial charge in [0.15, 0.2) is 8.32 Å². The van der Waals surface area contributed by atoms with E-state index in [-0.39, 0.29) is 31.7 Å². The van der Waals surface area contributed by atoms with Gasteiger partial charge >= 0.3 is 0 Å². The van der Waals surface area contributed by atoms with Crippen molar-refractivity contribution in [1.82, 2.24) is 0 Å². The third-order valence-corrected chi connectivity index (χ3v) is 46.1. The molecule has 0 saturated heterocycles. The minimum atomic E-state index is -2.48. The van der Waals surface area contributed by atoms with Crippen molar-refractivity contribution < 1.29 is 8.85 Å². The Kier molecular flexibility index (Phi) is 4.99. The summed E-state index contributed by atoms with van der Waals surface area (Å²) in [4.78, 5) is 0. The molecule has 0 aromatic heterocycles. The maximum Gasteiger partial charge on any atom is 0.250 e. The largest absolute Gasteiger partial charge is 0.546 e. The summed E-state index contributed by atoms with van der Waals surface area (Å²) in [5.74, 6) is 3.70. The van der Waals surface area contributed by atoms with Crippen molar-refractivity contribution >= 4 is 307 Å². The molecular formula is C93H58O2Si2. The molecule has 2 spiro atoms. The van der Waals surface area contributed by atoms with Gasteiger partial charge in [-0.05, 0) is 434 Å². The van der Waals surface area contributed by atoms with Crippen molar-refractivity contribution in [3.8, 4) is 0 Å². The highest BCUT2D eigenvalue weighted by Gasteiger charge is 2.78. The molecule has 0 aliphatic heterocycles. The first kappa shape index (κ1) is 44.9. The van der Waals surface area contributed by atoms with E-state index in [9.17, 15) is 0 Å². The van der Waals surface area contributed by atoms with Gasteiger partial charge < -0.3 is 8.85 Å². The zero-order valence-electron chi connectivity index (χ0n) is 56.4. The van der Waals surface area contributed by atoms with Crippen LogP contribution in [-0.4, -0.2) is 22.7 Å². The molecule has 0 heterocycles. The van der Waals surface area contributed by atoms with Gasteiger partial charge in [0.25, 0.3) is 0 Å². The average Bonchev–Trinajstić information content (AvgIpc) is 1.38. The highest BCUT2D eigenvalue weighted by Crippen LogP contribution is 2.89. The first-order valence-corrected chi connectivity index (χ1v) is 44.2. The van der Waals surface area contributed by atoms with Crippen LogP contribution in [0.5, 0.6) is 0 Å². The number of fused-ring (bicyclic) bond motifs is 7. The molecule has 28 aromatic rings. The first-order chi connectivity index (χ1) is 46.8. The lowest BCUT2D eigenvalue weighted by Gasteiger charge is -2.61. The zero-order valence-corrected chi connectivity index (χ0v) is 58.4. The van der Waals surface area contributed by atoms with Crippen LogP contribution < -0.4 is 0 Å². The van der Waals surface area contributed by atoms with Gasteiger partial charge in [-0.1, -0.05) is 67.0 Å². The molecule has 1 unspecified atom stereocenters. The maximum atomic E-state index is 8.83. The molecule has 28 aromatic carbocycles. The average molecular weight is 1260 g/mol. The number of hydrogen-bond acceptors (Lipinski definition) is 2. The summed E-state index contributed by atoms with van der Waals surface area (Å²) in [6.07, 6.45) is 13.0. The molecule has 2 nitrogen and oxygen atoms in total. The molecule has 3 saturated carbocycles. The molecule has 7 atom stereocenters. The van der Waals surface area contributed by atoms with Gasteiger partial charge in [-0.3, -0.25) is 0 Å². The van der Waals surface area contributed by atoms with E-state index in [0.29, 0.717) is 29.8 Å². The summed E-state index contributed by atoms with van der Waals surface area (Å²) >= 11 is 0. The predicted octanol–water partition coefficient (Wildman–Crippen LogP) is 26.6. The highest BCUT2D eigenvalue weighted by molar-refractivity contribution is 6.83. The Morgan fingerprint density at radius 1 is 0.361 bits per heavy atom. The molecule has 9 aliphatic carbocycles. The van der Waals surface area contributed by atoms with E-state index in [1.807, 2.05) is 27.8 Å². The lowest BCUT2D eigenvalue weighted by molar-refractivity contribution is -0.0264. The first-order valence-electron chi connectivity index (χ1n) is 38.3. The smallest absolute Gasteiger partial charge is 0.250 e. The topological polar surface area (TPSA) is 18.5 Å². The van der Waals surface area contributed by atoms with Crippen LogP contribution in [-0.2, 0) is 19.7 Å². The van der Waals surface area contributed by atoms with Gasteiger partial charge in [0.2, 0.25) is 8.32 Å². The lowest BCUT2D eigenvalue weighted by atomic mass is 9.40. The Morgan fingerprint density at radius 2 is 0.660 bits per heavy atom. The van der Waals surface area contributed by atoms with Crippen LogP contribution in [0.1, 0.15) is 129 Å². The van der Waals surface area contributed by atoms with Crippen molar-refractivity contribution in [3.63, 3.8) is 0 Å². The number of benzene rings is 18. The van der Waals surface area contributed by atoms with E-state index < -0.39 is 16.6 Å². The highest BCUT2D eigenvalue weighted by atomic mass is 28.4. The molecule has 97 heavy (non-hydrogen) atoms. The molecule has 37 rings (SSSR count). The van der Waals surface area contributed by atoms with Crippen molar-refractivity contribution in [2.75, 3.05) is 0 Å². The summed E-state index contributed by atoms with van der Waals surface area (Å²) in [5.41, 5.74) is 10.5. The molecule has 3 fully saturated rings. The van der Waals surface area contributed by atoms with Crippen molar-refractivity contribution in [3.05, 3.63) is 45.2 Å². The summed E-state index contributed by atoms with van der Waals surface area (Å²) < 4.78 is 16.3. The number of hydrogen-bond donors (Lipinski definition) is 0. The Hall–Kier alpha value is -7.87. The van der Waals surface area contributed by atoms with E-state index in [4.69, 9.17) is 8.85 Å². The van der Waals surface area contributed by atoms with Gasteiger partial charge in [0, 0.05) is 23.4 Å². The quantitative estimate of drug-likeness (QED) is 0.0993.